The molecule has 0 heterocycles. The smallest absolute Gasteiger partial charge is 0.332 e. The lowest BCUT2D eigenvalue weighted by atomic mass is 10.2. The molecule has 0 amide bonds. The molecule has 0 aliphatic carbocycles. The summed E-state index contributed by atoms with van der Waals surface area (Å²) in [5.74, 6) is -6.94. The Bertz CT molecular complexity index is 448. The summed E-state index contributed by atoms with van der Waals surface area (Å²) in [5.41, 5.74) is 9.81. The van der Waals surface area contributed by atoms with E-state index in [1.165, 1.54) is 0 Å². The molecule has 0 radical (unpaired) electrons. The van der Waals surface area contributed by atoms with Crippen LogP contribution in [-0.2, 0) is 24.5 Å². The van der Waals surface area contributed by atoms with Gasteiger partial charge in [-0.2, -0.15) is 8.42 Å². The predicted octanol–water partition coefficient (Wildman–Crippen LogP) is -3.64. The molecule has 0 rings (SSSR count). The first-order valence-corrected chi connectivity index (χ1v) is 6.87. The van der Waals surface area contributed by atoms with E-state index >= 15 is 0 Å². The molecule has 0 aromatic rings. The standard InChI is InChI=1S/C6H9NO9S.C2H8N2/c8-4(9)2(1-17(14,15)16)7-3(5(10)11)6(12)13;3-1-2-4/h2-3,7H,1H2,(H,8,9)(H,10,11)(H,12,13)(H,14,15,16);1-4H2/t2-;/m0./s1. The monoisotopic (exact) mass is 331 g/mol. The van der Waals surface area contributed by atoms with Crippen LogP contribution in [0.4, 0.5) is 0 Å². The molecule has 21 heavy (non-hydrogen) atoms. The van der Waals surface area contributed by atoms with Crippen molar-refractivity contribution in [2.75, 3.05) is 18.8 Å². The van der Waals surface area contributed by atoms with Crippen molar-refractivity contribution in [3.63, 3.8) is 0 Å². The molecule has 0 saturated carbocycles. The molecule has 0 aliphatic heterocycles. The number of hydrogen-bond donors (Lipinski definition) is 7. The topological polar surface area (TPSA) is 230 Å². The first-order chi connectivity index (χ1) is 9.46. The normalized spacial score (nSPS) is 12.2. The summed E-state index contributed by atoms with van der Waals surface area (Å²) in [6.07, 6.45) is 0. The fourth-order valence-electron chi connectivity index (χ4n) is 0.851. The van der Waals surface area contributed by atoms with Crippen molar-refractivity contribution in [3.8, 4) is 0 Å². The van der Waals surface area contributed by atoms with Gasteiger partial charge in [0.15, 0.2) is 0 Å². The summed E-state index contributed by atoms with van der Waals surface area (Å²) in [4.78, 5) is 31.4. The average molecular weight is 331 g/mol. The minimum Gasteiger partial charge on any atom is -0.480 e. The highest BCUT2D eigenvalue weighted by Crippen LogP contribution is 1.96. The van der Waals surface area contributed by atoms with E-state index in [2.05, 4.69) is 0 Å². The van der Waals surface area contributed by atoms with E-state index in [4.69, 9.17) is 31.3 Å². The van der Waals surface area contributed by atoms with Gasteiger partial charge in [-0.15, -0.1) is 0 Å². The summed E-state index contributed by atoms with van der Waals surface area (Å²) >= 11 is 0. The largest absolute Gasteiger partial charge is 0.480 e. The van der Waals surface area contributed by atoms with Crippen molar-refractivity contribution < 1.29 is 42.7 Å². The SMILES string of the molecule is NCCN.O=C(O)C(N[C@@H](CS(=O)(=O)O)C(=O)O)C(=O)O. The zero-order chi connectivity index (χ0) is 17.2. The maximum atomic E-state index is 10.5. The molecule has 0 bridgehead atoms. The van der Waals surface area contributed by atoms with Gasteiger partial charge in [-0.05, 0) is 0 Å². The molecule has 0 saturated heterocycles. The number of nitrogens with two attached hydrogens (primary N) is 2. The molecule has 0 unspecified atom stereocenters. The van der Waals surface area contributed by atoms with E-state index in [1.807, 2.05) is 0 Å². The summed E-state index contributed by atoms with van der Waals surface area (Å²) in [6, 6.07) is -4.35. The molecular weight excluding hydrogens is 314 g/mol. The van der Waals surface area contributed by atoms with Crippen LogP contribution >= 0.6 is 0 Å². The maximum Gasteiger partial charge on any atom is 0.332 e. The molecule has 124 valence electrons. The number of aliphatic carboxylic acids is 3. The van der Waals surface area contributed by atoms with E-state index in [9.17, 15) is 22.8 Å². The molecule has 9 N–H and O–H groups in total. The Morgan fingerprint density at radius 2 is 1.33 bits per heavy atom. The van der Waals surface area contributed by atoms with Crippen LogP contribution < -0.4 is 16.8 Å². The molecule has 12 nitrogen and oxygen atoms in total. The number of carbonyl (C=O) groups is 3. The van der Waals surface area contributed by atoms with Crippen molar-refractivity contribution >= 4 is 28.0 Å². The molecule has 0 aliphatic rings. The van der Waals surface area contributed by atoms with Crippen LogP contribution in [0, 0.1) is 0 Å². The molecule has 13 heteroatoms. The molecule has 0 aromatic carbocycles. The van der Waals surface area contributed by atoms with Crippen molar-refractivity contribution in [1.29, 1.82) is 0 Å². The molecule has 0 spiro atoms. The number of rotatable bonds is 8. The second-order valence-electron chi connectivity index (χ2n) is 3.49. The van der Waals surface area contributed by atoms with Crippen LogP contribution in [0.15, 0.2) is 0 Å². The van der Waals surface area contributed by atoms with Crippen LogP contribution in [0.2, 0.25) is 0 Å². The van der Waals surface area contributed by atoms with Crippen molar-refractivity contribution in [2.45, 2.75) is 12.1 Å². The summed E-state index contributed by atoms with van der Waals surface area (Å²) in [7, 11) is -4.69. The predicted molar refractivity (Wildman–Crippen MR) is 68.1 cm³/mol. The van der Waals surface area contributed by atoms with Gasteiger partial charge in [0.2, 0.25) is 6.04 Å². The Balaban J connectivity index is 0. The highest BCUT2D eigenvalue weighted by atomic mass is 32.2. The third-order valence-electron chi connectivity index (χ3n) is 1.70. The second-order valence-corrected chi connectivity index (χ2v) is 4.99. The third kappa shape index (κ3) is 11.7. The summed E-state index contributed by atoms with van der Waals surface area (Å²) < 4.78 is 29.3. The summed E-state index contributed by atoms with van der Waals surface area (Å²) in [6.45, 7) is 1.19. The van der Waals surface area contributed by atoms with E-state index in [0.717, 1.165) is 0 Å². The Morgan fingerprint density at radius 3 is 1.52 bits per heavy atom. The minimum absolute atomic E-state index is 0.597. The first kappa shape index (κ1) is 21.5. The van der Waals surface area contributed by atoms with Gasteiger partial charge < -0.3 is 26.8 Å². The van der Waals surface area contributed by atoms with Gasteiger partial charge >= 0.3 is 17.9 Å². The van der Waals surface area contributed by atoms with Gasteiger partial charge in [-0.25, -0.2) is 9.59 Å². The maximum absolute atomic E-state index is 10.5. The van der Waals surface area contributed by atoms with E-state index in [0.29, 0.717) is 13.1 Å². The zero-order valence-electron chi connectivity index (χ0n) is 10.7. The van der Waals surface area contributed by atoms with Crippen LogP contribution in [0.25, 0.3) is 0 Å². The fourth-order valence-corrected chi connectivity index (χ4v) is 1.51. The Kier molecular flexibility index (Phi) is 10.2. The van der Waals surface area contributed by atoms with Crippen molar-refractivity contribution in [2.24, 2.45) is 11.5 Å². The van der Waals surface area contributed by atoms with Crippen LogP contribution in [0.5, 0.6) is 0 Å². The molecule has 0 aromatic heterocycles. The minimum atomic E-state index is -4.69. The van der Waals surface area contributed by atoms with E-state index in [1.54, 1.807) is 5.32 Å². The van der Waals surface area contributed by atoms with Gasteiger partial charge in [0.1, 0.15) is 11.8 Å². The third-order valence-corrected chi connectivity index (χ3v) is 2.46. The molecule has 0 fully saturated rings. The summed E-state index contributed by atoms with van der Waals surface area (Å²) in [5, 5.41) is 26.9. The first-order valence-electron chi connectivity index (χ1n) is 5.26. The highest BCUT2D eigenvalue weighted by molar-refractivity contribution is 7.85. The molecular formula is C8H17N3O9S. The van der Waals surface area contributed by atoms with Gasteiger partial charge in [-0.1, -0.05) is 0 Å². The van der Waals surface area contributed by atoms with Crippen LogP contribution in [-0.4, -0.2) is 77.1 Å². The Morgan fingerprint density at radius 1 is 0.952 bits per heavy atom. The number of nitrogens with one attached hydrogen (secondary N) is 1. The Labute approximate surface area is 119 Å². The fraction of sp³-hybridized carbons (Fsp3) is 0.625. The van der Waals surface area contributed by atoms with Gasteiger partial charge in [0, 0.05) is 13.1 Å². The second kappa shape index (κ2) is 10.0. The van der Waals surface area contributed by atoms with Crippen LogP contribution in [0.3, 0.4) is 0 Å². The van der Waals surface area contributed by atoms with Gasteiger partial charge in [0.25, 0.3) is 10.1 Å². The van der Waals surface area contributed by atoms with Gasteiger partial charge in [0.05, 0.1) is 0 Å². The highest BCUT2D eigenvalue weighted by Gasteiger charge is 2.33. The van der Waals surface area contributed by atoms with E-state index < -0.39 is 45.9 Å². The zero-order valence-corrected chi connectivity index (χ0v) is 11.5. The van der Waals surface area contributed by atoms with E-state index in [-0.39, 0.29) is 0 Å². The van der Waals surface area contributed by atoms with Crippen molar-refractivity contribution in [1.82, 2.24) is 5.32 Å². The number of carboxylic acids is 3. The molecule has 1 atom stereocenters. The lowest BCUT2D eigenvalue weighted by Gasteiger charge is -2.15. The van der Waals surface area contributed by atoms with Gasteiger partial charge in [-0.3, -0.25) is 14.7 Å². The Hall–Kier alpha value is -1.80. The average Bonchev–Trinajstić information content (AvgIpc) is 2.32. The number of carboxylic acid groups (broad SMARTS) is 3. The quantitative estimate of drug-likeness (QED) is 0.168. The van der Waals surface area contributed by atoms with Crippen molar-refractivity contribution in [3.05, 3.63) is 0 Å². The van der Waals surface area contributed by atoms with Crippen LogP contribution in [0.1, 0.15) is 0 Å². The lowest BCUT2D eigenvalue weighted by Crippen LogP contribution is -2.53. The number of hydrogen-bond acceptors (Lipinski definition) is 8. The lowest BCUT2D eigenvalue weighted by molar-refractivity contribution is -0.151.